The highest BCUT2D eigenvalue weighted by atomic mass is 31.2. The van der Waals surface area contributed by atoms with Crippen LogP contribution >= 0.6 is 7.44 Å². The maximum atomic E-state index is 13.8. The predicted octanol–water partition coefficient (Wildman–Crippen LogP) is 2.22. The standard InChI is InChI=1S/C22H38N7O6P/c1-6-8-10-34-22(31)17(5)28-36(32,27-16(4)21(30)33-9-7-2)14-35-15(3)11-29-13-26-18-19(23)24-12-25-20(18)29/h12-13,15-17H,6-11,14H2,1-5H3,(H2,23,24,25)(H2,27,28,32)/t15-,16+,17-,36+/m1/s1. The molecule has 2 rings (SSSR count). The van der Waals surface area contributed by atoms with Crippen LogP contribution in [0.25, 0.3) is 11.2 Å². The lowest BCUT2D eigenvalue weighted by atomic mass is 10.3. The molecular formula is C22H38N7O6P. The van der Waals surface area contributed by atoms with Crippen LogP contribution in [0.3, 0.4) is 0 Å². The van der Waals surface area contributed by atoms with E-state index in [1.54, 1.807) is 31.7 Å². The van der Waals surface area contributed by atoms with Gasteiger partial charge in [0.15, 0.2) is 11.5 Å². The molecule has 0 aliphatic rings. The van der Waals surface area contributed by atoms with Crippen LogP contribution < -0.4 is 15.9 Å². The molecule has 0 spiro atoms. The first-order valence-corrected chi connectivity index (χ1v) is 14.0. The van der Waals surface area contributed by atoms with E-state index in [1.165, 1.54) is 6.33 Å². The average Bonchev–Trinajstić information content (AvgIpc) is 3.25. The minimum absolute atomic E-state index is 0.253. The first-order chi connectivity index (χ1) is 17.1. The van der Waals surface area contributed by atoms with Crippen molar-refractivity contribution in [2.75, 3.05) is 25.3 Å². The molecule has 0 radical (unpaired) electrons. The maximum Gasteiger partial charge on any atom is 0.323 e. The zero-order chi connectivity index (χ0) is 26.7. The molecule has 2 aromatic rings. The molecule has 0 aliphatic heterocycles. The van der Waals surface area contributed by atoms with Crippen molar-refractivity contribution in [3.8, 4) is 0 Å². The molecule has 0 unspecified atom stereocenters. The van der Waals surface area contributed by atoms with Gasteiger partial charge in [-0.05, 0) is 33.6 Å². The number of ether oxygens (including phenoxy) is 3. The van der Waals surface area contributed by atoms with E-state index in [2.05, 4.69) is 25.1 Å². The van der Waals surface area contributed by atoms with Crippen LogP contribution in [0.15, 0.2) is 12.7 Å². The van der Waals surface area contributed by atoms with Gasteiger partial charge in [-0.2, -0.15) is 0 Å². The van der Waals surface area contributed by atoms with Gasteiger partial charge in [-0.3, -0.25) is 14.2 Å². The second-order valence-corrected chi connectivity index (χ2v) is 10.8. The molecule has 36 heavy (non-hydrogen) atoms. The highest BCUT2D eigenvalue weighted by Gasteiger charge is 2.32. The maximum absolute atomic E-state index is 13.8. The van der Waals surface area contributed by atoms with Crippen molar-refractivity contribution in [1.82, 2.24) is 29.7 Å². The number of nitrogen functional groups attached to an aromatic ring is 1. The molecule has 2 aromatic heterocycles. The molecule has 0 fully saturated rings. The number of rotatable bonds is 16. The Hall–Kier alpha value is -2.60. The topological polar surface area (TPSA) is 173 Å². The number of imidazole rings is 1. The van der Waals surface area contributed by atoms with Crippen molar-refractivity contribution in [1.29, 1.82) is 0 Å². The monoisotopic (exact) mass is 527 g/mol. The Morgan fingerprint density at radius 2 is 1.67 bits per heavy atom. The number of carbonyl (C=O) groups excluding carboxylic acids is 2. The van der Waals surface area contributed by atoms with E-state index < -0.39 is 37.6 Å². The fourth-order valence-corrected chi connectivity index (χ4v) is 5.36. The van der Waals surface area contributed by atoms with Crippen LogP contribution in [0, 0.1) is 0 Å². The van der Waals surface area contributed by atoms with Crippen molar-refractivity contribution < 1.29 is 28.4 Å². The second-order valence-electron chi connectivity index (χ2n) is 8.56. The lowest BCUT2D eigenvalue weighted by Gasteiger charge is -2.27. The summed E-state index contributed by atoms with van der Waals surface area (Å²) in [6.45, 7) is 9.62. The normalized spacial score (nSPS) is 15.7. The summed E-state index contributed by atoms with van der Waals surface area (Å²) in [5, 5.41) is 5.58. The van der Waals surface area contributed by atoms with Crippen molar-refractivity contribution in [3.63, 3.8) is 0 Å². The molecule has 0 saturated carbocycles. The van der Waals surface area contributed by atoms with Gasteiger partial charge in [-0.15, -0.1) is 0 Å². The van der Waals surface area contributed by atoms with Crippen LogP contribution in [0.1, 0.15) is 53.9 Å². The number of carbonyl (C=O) groups is 2. The van der Waals surface area contributed by atoms with Crippen LogP contribution in [0.4, 0.5) is 5.82 Å². The van der Waals surface area contributed by atoms with Gasteiger partial charge in [0.1, 0.15) is 30.3 Å². The smallest absolute Gasteiger partial charge is 0.323 e. The lowest BCUT2D eigenvalue weighted by molar-refractivity contribution is -0.145. The summed E-state index contributed by atoms with van der Waals surface area (Å²) in [4.78, 5) is 37.0. The van der Waals surface area contributed by atoms with Crippen LogP contribution in [-0.4, -0.2) is 69.2 Å². The summed E-state index contributed by atoms with van der Waals surface area (Å²) in [6, 6.07) is -1.79. The number of aromatic nitrogens is 4. The number of fused-ring (bicyclic) bond motifs is 1. The van der Waals surface area contributed by atoms with Crippen LogP contribution in [-0.2, 0) is 34.9 Å². The molecule has 0 aliphatic carbocycles. The first-order valence-electron chi connectivity index (χ1n) is 12.1. The third-order valence-electron chi connectivity index (χ3n) is 5.13. The molecule has 14 heteroatoms. The molecule has 202 valence electrons. The number of anilines is 1. The molecule has 2 heterocycles. The number of unbranched alkanes of at least 4 members (excludes halogenated alkanes) is 1. The molecule has 0 amide bonds. The van der Waals surface area contributed by atoms with Gasteiger partial charge in [0.2, 0.25) is 7.44 Å². The van der Waals surface area contributed by atoms with Gasteiger partial charge in [0.25, 0.3) is 0 Å². The van der Waals surface area contributed by atoms with Crippen molar-refractivity contribution in [3.05, 3.63) is 12.7 Å². The van der Waals surface area contributed by atoms with Crippen LogP contribution in [0.2, 0.25) is 0 Å². The summed E-state index contributed by atoms with van der Waals surface area (Å²) < 4.78 is 31.8. The van der Waals surface area contributed by atoms with E-state index in [9.17, 15) is 14.2 Å². The third-order valence-corrected chi connectivity index (χ3v) is 7.25. The van der Waals surface area contributed by atoms with Crippen molar-refractivity contribution >= 4 is 36.4 Å². The molecule has 0 bridgehead atoms. The van der Waals surface area contributed by atoms with E-state index in [0.29, 0.717) is 24.1 Å². The van der Waals surface area contributed by atoms with Gasteiger partial charge < -0.3 is 24.5 Å². The zero-order valence-electron chi connectivity index (χ0n) is 21.6. The van der Waals surface area contributed by atoms with E-state index in [1.807, 2.05) is 13.8 Å². The van der Waals surface area contributed by atoms with Crippen LogP contribution in [0.5, 0.6) is 0 Å². The number of hydrogen-bond acceptors (Lipinski definition) is 10. The SMILES string of the molecule is CCCCOC(=O)[C@@H](C)N[P@](=O)(CO[C@H](C)Cn1cnc2c(N)ncnc21)N[C@@H](C)C(=O)OCCC. The largest absolute Gasteiger partial charge is 0.465 e. The van der Waals surface area contributed by atoms with E-state index in [4.69, 9.17) is 19.9 Å². The summed E-state index contributed by atoms with van der Waals surface area (Å²) in [5.41, 5.74) is 6.87. The van der Waals surface area contributed by atoms with Gasteiger partial charge in [-0.25, -0.2) is 25.1 Å². The van der Waals surface area contributed by atoms with E-state index >= 15 is 0 Å². The van der Waals surface area contributed by atoms with Gasteiger partial charge in [0, 0.05) is 0 Å². The Morgan fingerprint density at radius 3 is 2.28 bits per heavy atom. The van der Waals surface area contributed by atoms with Crippen molar-refractivity contribution in [2.24, 2.45) is 0 Å². The van der Waals surface area contributed by atoms with Crippen molar-refractivity contribution in [2.45, 2.75) is 78.6 Å². The molecule has 4 atom stereocenters. The summed E-state index contributed by atoms with van der Waals surface area (Å²) >= 11 is 0. The number of nitrogens with zero attached hydrogens (tertiary/aromatic N) is 4. The first kappa shape index (κ1) is 29.6. The molecular weight excluding hydrogens is 489 g/mol. The third kappa shape index (κ3) is 8.81. The molecule has 0 aromatic carbocycles. The quantitative estimate of drug-likeness (QED) is 0.165. The summed E-state index contributed by atoms with van der Waals surface area (Å²) in [7, 11) is -3.60. The Balaban J connectivity index is 2.08. The Morgan fingerprint density at radius 1 is 1.03 bits per heavy atom. The minimum atomic E-state index is -3.60. The number of nitrogens with two attached hydrogens (primary N) is 1. The van der Waals surface area contributed by atoms with Gasteiger partial charge >= 0.3 is 11.9 Å². The highest BCUT2D eigenvalue weighted by molar-refractivity contribution is 7.59. The summed E-state index contributed by atoms with van der Waals surface area (Å²) in [5.74, 6) is -0.817. The minimum Gasteiger partial charge on any atom is -0.465 e. The van der Waals surface area contributed by atoms with Gasteiger partial charge in [-0.1, -0.05) is 20.3 Å². The zero-order valence-corrected chi connectivity index (χ0v) is 22.5. The van der Waals surface area contributed by atoms with E-state index in [0.717, 1.165) is 12.8 Å². The highest BCUT2D eigenvalue weighted by Crippen LogP contribution is 2.38. The lowest BCUT2D eigenvalue weighted by Crippen LogP contribution is -2.43. The average molecular weight is 528 g/mol. The fourth-order valence-electron chi connectivity index (χ4n) is 3.21. The summed E-state index contributed by atoms with van der Waals surface area (Å²) in [6.07, 6.45) is 4.47. The fraction of sp³-hybridized carbons (Fsp3) is 0.682. The Bertz CT molecular complexity index is 1050. The molecule has 4 N–H and O–H groups in total. The predicted molar refractivity (Wildman–Crippen MR) is 135 cm³/mol. The number of esters is 2. The van der Waals surface area contributed by atoms with E-state index in [-0.39, 0.29) is 25.4 Å². The second kappa shape index (κ2) is 14.2. The number of nitrogens with one attached hydrogen (secondary N) is 2. The molecule has 0 saturated heterocycles. The Labute approximate surface area is 211 Å². The number of hydrogen-bond donors (Lipinski definition) is 3. The Kier molecular flexibility index (Phi) is 11.7. The van der Waals surface area contributed by atoms with Gasteiger partial charge in [0.05, 0.1) is 32.2 Å². The molecule has 13 nitrogen and oxygen atoms in total.